The number of rotatable bonds is 0. The van der Waals surface area contributed by atoms with Gasteiger partial charge in [0, 0.05) is 0 Å². The zero-order chi connectivity index (χ0) is 5.41. The van der Waals surface area contributed by atoms with Crippen molar-refractivity contribution in [1.29, 1.82) is 0 Å². The molecule has 0 aliphatic rings. The van der Waals surface area contributed by atoms with Crippen LogP contribution in [0, 0.1) is 0 Å². The molecule has 0 aromatic heterocycles. The molecule has 0 aliphatic heterocycles. The zero-order valence-corrected chi connectivity index (χ0v) is 6.96. The molecule has 0 spiro atoms. The molecular weight excluding hydrogens is 156 g/mol. The summed E-state index contributed by atoms with van der Waals surface area (Å²) in [5.74, 6) is 0. The molecule has 2 atom stereocenters. The molecule has 0 radical (unpaired) electrons. The molecule has 2 unspecified atom stereocenters. The van der Waals surface area contributed by atoms with Gasteiger partial charge in [0.25, 0.3) is 0 Å². The van der Waals surface area contributed by atoms with E-state index in [4.69, 9.17) is 9.13 Å². The second kappa shape index (κ2) is 16.6. The summed E-state index contributed by atoms with van der Waals surface area (Å²) in [6, 6.07) is 0. The van der Waals surface area contributed by atoms with Gasteiger partial charge in [-0.2, -0.15) is 0 Å². The lowest BCUT2D eigenvalue weighted by molar-refractivity contribution is 0.605. The molecule has 0 amide bonds. The third-order valence-corrected chi connectivity index (χ3v) is 0. The second-order valence-corrected chi connectivity index (χ2v) is 1.90. The summed E-state index contributed by atoms with van der Waals surface area (Å²) < 4.78 is 17.7. The lowest BCUT2D eigenvalue weighted by Crippen LogP contribution is -0.679. The Morgan fingerprint density at radius 1 is 1.00 bits per heavy atom. The minimum absolute atomic E-state index is 0.0833. The van der Waals surface area contributed by atoms with E-state index >= 15 is 0 Å². The molecule has 0 N–H and O–H groups in total. The third kappa shape index (κ3) is 74.2. The van der Waals surface area contributed by atoms with Crippen molar-refractivity contribution in [3.8, 4) is 0 Å². The van der Waals surface area contributed by atoms with E-state index < -0.39 is 0 Å². The summed E-state index contributed by atoms with van der Waals surface area (Å²) in [7, 11) is 4.16. The Balaban J connectivity index is 0. The molecular formula is H4O2P4. The van der Waals surface area contributed by atoms with Crippen molar-refractivity contribution in [3.63, 3.8) is 0 Å². The molecule has 36 valence electrons. The van der Waals surface area contributed by atoms with Crippen molar-refractivity contribution in [2.24, 2.45) is 0 Å². The van der Waals surface area contributed by atoms with Crippen LogP contribution in [0.2, 0.25) is 0 Å². The summed E-state index contributed by atoms with van der Waals surface area (Å²) in [5, 5.41) is 0. The average molecular weight is 160 g/mol. The van der Waals surface area contributed by atoms with E-state index in [0.29, 0.717) is 0 Å². The van der Waals surface area contributed by atoms with Gasteiger partial charge in [-0.3, -0.25) is 9.13 Å². The molecule has 0 saturated heterocycles. The van der Waals surface area contributed by atoms with E-state index in [9.17, 15) is 0 Å². The van der Waals surface area contributed by atoms with Crippen LogP contribution >= 0.6 is 34.2 Å². The summed E-state index contributed by atoms with van der Waals surface area (Å²) in [4.78, 5) is 0. The Labute approximate surface area is 44.1 Å². The highest BCUT2D eigenvalue weighted by molar-refractivity contribution is 7.96. The lowest BCUT2D eigenvalue weighted by Gasteiger charge is -1.21. The van der Waals surface area contributed by atoms with Crippen LogP contribution in [0.4, 0.5) is 0 Å². The van der Waals surface area contributed by atoms with Crippen LogP contribution in [-0.2, 0) is 9.13 Å². The van der Waals surface area contributed by atoms with Gasteiger partial charge in [-0.05, 0) is 17.9 Å². The molecule has 0 aromatic carbocycles. The van der Waals surface area contributed by atoms with Gasteiger partial charge in [0.15, 0.2) is 16.3 Å². The smallest absolute Gasteiger partial charge is 0.174 e. The van der Waals surface area contributed by atoms with Crippen molar-refractivity contribution in [2.45, 2.75) is 0 Å². The Bertz CT molecular complexity index is 26.5. The maximum absolute atomic E-state index is 8.87. The Morgan fingerprint density at radius 2 is 1.00 bits per heavy atom. The Kier molecular flexibility index (Phi) is 28.0. The SMILES string of the molecule is O=PP.O=PP. The second-order valence-electron chi connectivity index (χ2n) is 0.211. The molecule has 0 heterocycles. The quantitative estimate of drug-likeness (QED) is 0.508. The highest BCUT2D eigenvalue weighted by Gasteiger charge is 1.27. The van der Waals surface area contributed by atoms with Gasteiger partial charge in [-0.25, -0.2) is 0 Å². The highest BCUT2D eigenvalue weighted by Crippen LogP contribution is 1.99. The summed E-state index contributed by atoms with van der Waals surface area (Å²) in [6.45, 7) is 0. The predicted octanol–water partition coefficient (Wildman–Crippen LogP) is 2.14. The van der Waals surface area contributed by atoms with Crippen LogP contribution in [0.15, 0.2) is 0 Å². The first kappa shape index (κ1) is 10.1. The number of hydrogen-bond donors (Lipinski definition) is 0. The van der Waals surface area contributed by atoms with Crippen LogP contribution in [0.1, 0.15) is 0 Å². The van der Waals surface area contributed by atoms with Gasteiger partial charge >= 0.3 is 0 Å². The van der Waals surface area contributed by atoms with Crippen molar-refractivity contribution in [2.75, 3.05) is 0 Å². The largest absolute Gasteiger partial charge is 0.271 e. The molecule has 0 fully saturated rings. The minimum atomic E-state index is 0.0833. The van der Waals surface area contributed by atoms with Gasteiger partial charge in [0.1, 0.15) is 0 Å². The van der Waals surface area contributed by atoms with Crippen LogP contribution in [0.5, 0.6) is 0 Å². The minimum Gasteiger partial charge on any atom is -0.271 e. The van der Waals surface area contributed by atoms with Crippen LogP contribution in [0.3, 0.4) is 0 Å². The monoisotopic (exact) mass is 160 g/mol. The Hall–Kier alpha value is 1.06. The van der Waals surface area contributed by atoms with E-state index in [1.807, 2.05) is 17.9 Å². The molecule has 0 aliphatic carbocycles. The van der Waals surface area contributed by atoms with Crippen LogP contribution in [0.25, 0.3) is 0 Å². The van der Waals surface area contributed by atoms with Gasteiger partial charge in [-0.1, -0.05) is 0 Å². The standard InChI is InChI=1S/2H2OP2/c2*1-3-2/h2*2H2. The Morgan fingerprint density at radius 3 is 1.00 bits per heavy atom. The van der Waals surface area contributed by atoms with E-state index in [-0.39, 0.29) is 16.3 Å². The fourth-order valence-electron chi connectivity index (χ4n) is 0. The first-order chi connectivity index (χ1) is 2.83. The van der Waals surface area contributed by atoms with Crippen molar-refractivity contribution in [3.05, 3.63) is 0 Å². The van der Waals surface area contributed by atoms with Crippen molar-refractivity contribution < 1.29 is 9.13 Å². The van der Waals surface area contributed by atoms with E-state index in [1.54, 1.807) is 0 Å². The average Bonchev–Trinajstić information content (AvgIpc) is 1.39. The van der Waals surface area contributed by atoms with E-state index in [0.717, 1.165) is 0 Å². The molecule has 6 heavy (non-hydrogen) atoms. The zero-order valence-electron chi connectivity index (χ0n) is 2.87. The number of hydrogen-bond acceptors (Lipinski definition) is 2. The fourth-order valence-corrected chi connectivity index (χ4v) is 0. The van der Waals surface area contributed by atoms with Gasteiger partial charge in [0.2, 0.25) is 0 Å². The normalized spacial score (nSPS) is 7.00. The summed E-state index contributed by atoms with van der Waals surface area (Å²) in [5.41, 5.74) is 0. The molecule has 6 heteroatoms. The topological polar surface area (TPSA) is 34.1 Å². The molecule has 0 rings (SSSR count). The van der Waals surface area contributed by atoms with Crippen molar-refractivity contribution in [1.82, 2.24) is 0 Å². The predicted molar refractivity (Wildman–Crippen MR) is 34.6 cm³/mol. The molecule has 0 bridgehead atoms. The van der Waals surface area contributed by atoms with Crippen molar-refractivity contribution >= 4 is 34.2 Å². The summed E-state index contributed by atoms with van der Waals surface area (Å²) in [6.07, 6.45) is 0. The van der Waals surface area contributed by atoms with Gasteiger partial charge < -0.3 is 0 Å². The van der Waals surface area contributed by atoms with Crippen LogP contribution in [-0.4, -0.2) is 0 Å². The fraction of sp³-hybridized carbons (Fsp3) is 0. The highest BCUT2D eigenvalue weighted by atomic mass is 32.0. The third-order valence-electron chi connectivity index (χ3n) is 0. The molecule has 2 nitrogen and oxygen atoms in total. The maximum Gasteiger partial charge on any atom is 0.174 e. The molecule has 0 aromatic rings. The maximum atomic E-state index is 8.87. The molecule has 0 saturated carbocycles. The van der Waals surface area contributed by atoms with Gasteiger partial charge in [-0.15, -0.1) is 0 Å². The van der Waals surface area contributed by atoms with E-state index in [1.165, 1.54) is 0 Å². The first-order valence-electron chi connectivity index (χ1n) is 0.882. The van der Waals surface area contributed by atoms with Gasteiger partial charge in [0.05, 0.1) is 0 Å². The lowest BCUT2D eigenvalue weighted by atomic mass is 16.0. The summed E-state index contributed by atoms with van der Waals surface area (Å²) >= 11 is 0. The van der Waals surface area contributed by atoms with Crippen LogP contribution < -0.4 is 0 Å². The first-order valence-corrected chi connectivity index (χ1v) is 5.74. The van der Waals surface area contributed by atoms with E-state index in [2.05, 4.69) is 0 Å².